The van der Waals surface area contributed by atoms with Crippen molar-refractivity contribution in [3.8, 4) is 5.75 Å². The molecular weight excluding hydrogens is 380 g/mol. The lowest BCUT2D eigenvalue weighted by Gasteiger charge is -2.26. The molecule has 4 amide bonds. The SMILES string of the molecule is Cc1ccc(N2C(=O)NC(=O)/C(=C/c3ccc(OC(C)C)cc3)C2=O)cc1Cl. The Labute approximate surface area is 167 Å². The van der Waals surface area contributed by atoms with E-state index in [2.05, 4.69) is 5.32 Å². The number of barbiturate groups is 1. The van der Waals surface area contributed by atoms with Crippen molar-refractivity contribution >= 4 is 41.2 Å². The number of nitrogens with one attached hydrogen (secondary N) is 1. The van der Waals surface area contributed by atoms with Crippen LogP contribution in [0.15, 0.2) is 48.0 Å². The number of anilines is 1. The summed E-state index contributed by atoms with van der Waals surface area (Å²) in [5.74, 6) is -0.772. The number of carbonyl (C=O) groups excluding carboxylic acids is 3. The average molecular weight is 399 g/mol. The van der Waals surface area contributed by atoms with Crippen LogP contribution in [-0.4, -0.2) is 23.9 Å². The third kappa shape index (κ3) is 4.07. The molecule has 1 heterocycles. The predicted molar refractivity (Wildman–Crippen MR) is 107 cm³/mol. The van der Waals surface area contributed by atoms with Crippen LogP contribution in [0.4, 0.5) is 10.5 Å². The molecule has 1 aliphatic rings. The minimum Gasteiger partial charge on any atom is -0.491 e. The molecule has 0 saturated carbocycles. The number of aryl methyl sites for hydroxylation is 1. The van der Waals surface area contributed by atoms with Gasteiger partial charge >= 0.3 is 6.03 Å². The Hall–Kier alpha value is -3.12. The summed E-state index contributed by atoms with van der Waals surface area (Å²) in [5.41, 5.74) is 1.59. The van der Waals surface area contributed by atoms with Crippen LogP contribution >= 0.6 is 11.6 Å². The highest BCUT2D eigenvalue weighted by molar-refractivity contribution is 6.39. The van der Waals surface area contributed by atoms with Gasteiger partial charge in [0.15, 0.2) is 0 Å². The highest BCUT2D eigenvalue weighted by Gasteiger charge is 2.36. The monoisotopic (exact) mass is 398 g/mol. The van der Waals surface area contributed by atoms with Crippen molar-refractivity contribution in [2.75, 3.05) is 4.90 Å². The number of rotatable bonds is 4. The molecule has 1 N–H and O–H groups in total. The minimum absolute atomic E-state index is 0.0378. The Morgan fingerprint density at radius 1 is 1.07 bits per heavy atom. The summed E-state index contributed by atoms with van der Waals surface area (Å²) in [7, 11) is 0. The van der Waals surface area contributed by atoms with Gasteiger partial charge in [0.25, 0.3) is 11.8 Å². The first-order chi connectivity index (χ1) is 13.3. The molecule has 0 atom stereocenters. The molecule has 28 heavy (non-hydrogen) atoms. The Bertz CT molecular complexity index is 980. The standard InChI is InChI=1S/C21H19ClN2O4/c1-12(2)28-16-8-5-14(6-9-16)10-17-19(25)23-21(27)24(20(17)26)15-7-4-13(3)18(22)11-15/h4-12H,1-3H3,(H,23,25,27)/b17-10-. The topological polar surface area (TPSA) is 75.7 Å². The zero-order valence-electron chi connectivity index (χ0n) is 15.7. The lowest BCUT2D eigenvalue weighted by Crippen LogP contribution is -2.54. The second-order valence-electron chi connectivity index (χ2n) is 6.63. The average Bonchev–Trinajstić information content (AvgIpc) is 2.62. The van der Waals surface area contributed by atoms with Crippen molar-refractivity contribution in [1.82, 2.24) is 5.32 Å². The van der Waals surface area contributed by atoms with Gasteiger partial charge in [0.05, 0.1) is 11.8 Å². The highest BCUT2D eigenvalue weighted by Crippen LogP contribution is 2.27. The second kappa shape index (κ2) is 7.86. The van der Waals surface area contributed by atoms with E-state index in [-0.39, 0.29) is 17.4 Å². The molecule has 1 saturated heterocycles. The number of urea groups is 1. The Balaban J connectivity index is 1.93. The van der Waals surface area contributed by atoms with E-state index in [4.69, 9.17) is 16.3 Å². The van der Waals surface area contributed by atoms with Crippen LogP contribution in [0.2, 0.25) is 5.02 Å². The summed E-state index contributed by atoms with van der Waals surface area (Å²) in [5, 5.41) is 2.61. The summed E-state index contributed by atoms with van der Waals surface area (Å²) < 4.78 is 5.58. The van der Waals surface area contributed by atoms with Crippen molar-refractivity contribution in [2.24, 2.45) is 0 Å². The number of halogens is 1. The number of hydrogen-bond donors (Lipinski definition) is 1. The van der Waals surface area contributed by atoms with Crippen LogP contribution in [-0.2, 0) is 9.59 Å². The van der Waals surface area contributed by atoms with Crippen LogP contribution in [0.5, 0.6) is 5.75 Å². The zero-order chi connectivity index (χ0) is 20.4. The number of imide groups is 2. The first kappa shape index (κ1) is 19.6. The van der Waals surface area contributed by atoms with Crippen LogP contribution in [0, 0.1) is 6.92 Å². The molecular formula is C21H19ClN2O4. The van der Waals surface area contributed by atoms with Gasteiger partial charge < -0.3 is 4.74 Å². The van der Waals surface area contributed by atoms with Gasteiger partial charge in [-0.2, -0.15) is 0 Å². The van der Waals surface area contributed by atoms with Crippen LogP contribution in [0.3, 0.4) is 0 Å². The number of amides is 4. The van der Waals surface area contributed by atoms with Crippen molar-refractivity contribution in [3.05, 3.63) is 64.2 Å². The molecule has 1 fully saturated rings. The Morgan fingerprint density at radius 2 is 1.75 bits per heavy atom. The van der Waals surface area contributed by atoms with E-state index in [9.17, 15) is 14.4 Å². The van der Waals surface area contributed by atoms with Crippen molar-refractivity contribution in [1.29, 1.82) is 0 Å². The lowest BCUT2D eigenvalue weighted by molar-refractivity contribution is -0.122. The van der Waals surface area contributed by atoms with Gasteiger partial charge in [0.2, 0.25) is 0 Å². The molecule has 2 aromatic rings. The van der Waals surface area contributed by atoms with E-state index in [1.54, 1.807) is 36.4 Å². The molecule has 6 nitrogen and oxygen atoms in total. The maximum Gasteiger partial charge on any atom is 0.335 e. The van der Waals surface area contributed by atoms with E-state index < -0.39 is 17.8 Å². The van der Waals surface area contributed by atoms with E-state index in [0.29, 0.717) is 16.3 Å². The van der Waals surface area contributed by atoms with Crippen molar-refractivity contribution in [2.45, 2.75) is 26.9 Å². The molecule has 0 aliphatic carbocycles. The maximum atomic E-state index is 12.9. The molecule has 0 spiro atoms. The summed E-state index contributed by atoms with van der Waals surface area (Å²) in [6.45, 7) is 5.65. The van der Waals surface area contributed by atoms with Crippen LogP contribution in [0.25, 0.3) is 6.08 Å². The third-order valence-corrected chi connectivity index (χ3v) is 4.49. The largest absolute Gasteiger partial charge is 0.491 e. The molecule has 0 aromatic heterocycles. The molecule has 1 aliphatic heterocycles. The van der Waals surface area contributed by atoms with Gasteiger partial charge in [-0.1, -0.05) is 29.8 Å². The normalized spacial score (nSPS) is 16.0. The maximum absolute atomic E-state index is 12.9. The molecule has 3 rings (SSSR count). The summed E-state index contributed by atoms with van der Waals surface area (Å²) in [4.78, 5) is 38.2. The fourth-order valence-electron chi connectivity index (χ4n) is 2.69. The number of ether oxygens (including phenoxy) is 1. The Morgan fingerprint density at radius 3 is 2.36 bits per heavy atom. The molecule has 0 unspecified atom stereocenters. The Kier molecular flexibility index (Phi) is 5.51. The van der Waals surface area contributed by atoms with Crippen molar-refractivity contribution in [3.63, 3.8) is 0 Å². The number of benzene rings is 2. The first-order valence-corrected chi connectivity index (χ1v) is 9.08. The van der Waals surface area contributed by atoms with E-state index >= 15 is 0 Å². The summed E-state index contributed by atoms with van der Waals surface area (Å²) in [6, 6.07) is 11.0. The molecule has 0 radical (unpaired) electrons. The zero-order valence-corrected chi connectivity index (χ0v) is 16.4. The third-order valence-electron chi connectivity index (χ3n) is 4.08. The molecule has 2 aromatic carbocycles. The number of carbonyl (C=O) groups is 3. The number of hydrogen-bond acceptors (Lipinski definition) is 4. The summed E-state index contributed by atoms with van der Waals surface area (Å²) >= 11 is 6.11. The number of nitrogens with zero attached hydrogens (tertiary/aromatic N) is 1. The van der Waals surface area contributed by atoms with Gasteiger partial charge in [-0.15, -0.1) is 0 Å². The van der Waals surface area contributed by atoms with Gasteiger partial charge in [-0.3, -0.25) is 14.9 Å². The minimum atomic E-state index is -0.812. The van der Waals surface area contributed by atoms with Crippen LogP contribution < -0.4 is 15.0 Å². The molecule has 144 valence electrons. The highest BCUT2D eigenvalue weighted by atomic mass is 35.5. The van der Waals surface area contributed by atoms with Crippen LogP contribution in [0.1, 0.15) is 25.0 Å². The summed E-state index contributed by atoms with van der Waals surface area (Å²) in [6.07, 6.45) is 1.47. The predicted octanol–water partition coefficient (Wildman–Crippen LogP) is 4.10. The molecule has 0 bridgehead atoms. The fraction of sp³-hybridized carbons (Fsp3) is 0.190. The van der Waals surface area contributed by atoms with E-state index in [1.165, 1.54) is 12.1 Å². The van der Waals surface area contributed by atoms with E-state index in [1.807, 2.05) is 20.8 Å². The first-order valence-electron chi connectivity index (χ1n) is 8.70. The van der Waals surface area contributed by atoms with Gasteiger partial charge in [-0.25, -0.2) is 9.69 Å². The van der Waals surface area contributed by atoms with Gasteiger partial charge in [0, 0.05) is 5.02 Å². The van der Waals surface area contributed by atoms with Gasteiger partial charge in [0.1, 0.15) is 11.3 Å². The lowest BCUT2D eigenvalue weighted by atomic mass is 10.1. The second-order valence-corrected chi connectivity index (χ2v) is 7.03. The van der Waals surface area contributed by atoms with E-state index in [0.717, 1.165) is 10.5 Å². The smallest absolute Gasteiger partial charge is 0.335 e. The van der Waals surface area contributed by atoms with Crippen molar-refractivity contribution < 1.29 is 19.1 Å². The molecule has 7 heteroatoms. The van der Waals surface area contributed by atoms with Gasteiger partial charge in [-0.05, 0) is 62.2 Å². The fourth-order valence-corrected chi connectivity index (χ4v) is 2.87. The quantitative estimate of drug-likeness (QED) is 0.621.